The van der Waals surface area contributed by atoms with Crippen LogP contribution in [0.1, 0.15) is 48.1 Å². The molecule has 47 heavy (non-hydrogen) atoms. The molecular weight excluding hydrogens is 688 g/mol. The zero-order valence-corrected chi connectivity index (χ0v) is 31.0. The minimum atomic E-state index is -3.30. The van der Waals surface area contributed by atoms with Crippen molar-refractivity contribution in [2.24, 2.45) is 0 Å². The minimum Gasteiger partial charge on any atom is -0.360 e. The highest BCUT2D eigenvalue weighted by Crippen LogP contribution is 2.30. The molecule has 0 fully saturated rings. The third-order valence-corrected chi connectivity index (χ3v) is 10.4. The van der Waals surface area contributed by atoms with Crippen LogP contribution in [0.4, 0.5) is 10.2 Å². The van der Waals surface area contributed by atoms with Crippen molar-refractivity contribution in [2.45, 2.75) is 89.4 Å². The summed E-state index contributed by atoms with van der Waals surface area (Å²) in [5, 5.41) is 13.9. The first-order chi connectivity index (χ1) is 22.0. The monoisotopic (exact) mass is 731 g/mol. The number of aryl methyl sites for hydroxylation is 2. The summed E-state index contributed by atoms with van der Waals surface area (Å²) < 4.78 is 47.7. The van der Waals surface area contributed by atoms with Gasteiger partial charge in [0, 0.05) is 44.0 Å². The number of aromatic nitrogens is 5. The van der Waals surface area contributed by atoms with E-state index in [1.807, 2.05) is 6.92 Å². The summed E-state index contributed by atoms with van der Waals surface area (Å²) in [6.45, 7) is 11.5. The van der Waals surface area contributed by atoms with Gasteiger partial charge in [-0.3, -0.25) is 14.3 Å². The summed E-state index contributed by atoms with van der Waals surface area (Å²) >= 11 is 11.7. The van der Waals surface area contributed by atoms with Crippen LogP contribution in [0.25, 0.3) is 11.1 Å². The molecule has 0 aliphatic rings. The quantitative estimate of drug-likeness (QED) is 0.0783. The van der Waals surface area contributed by atoms with Gasteiger partial charge in [-0.25, -0.2) is 18.1 Å². The van der Waals surface area contributed by atoms with Crippen LogP contribution >= 0.6 is 23.2 Å². The Morgan fingerprint density at radius 3 is 2.47 bits per heavy atom. The van der Waals surface area contributed by atoms with E-state index in [-0.39, 0.29) is 42.5 Å². The molecule has 0 bridgehead atoms. The zero-order valence-electron chi connectivity index (χ0n) is 27.6. The van der Waals surface area contributed by atoms with Gasteiger partial charge >= 0.3 is 0 Å². The lowest BCUT2D eigenvalue weighted by atomic mass is 10.0. The minimum absolute atomic E-state index is 0.0368. The van der Waals surface area contributed by atoms with Gasteiger partial charge < -0.3 is 15.4 Å². The van der Waals surface area contributed by atoms with E-state index in [2.05, 4.69) is 45.5 Å². The van der Waals surface area contributed by atoms with E-state index in [0.29, 0.717) is 37.1 Å². The summed E-state index contributed by atoms with van der Waals surface area (Å²) in [7, 11) is -4.55. The topological polar surface area (TPSA) is 150 Å². The molecule has 0 aromatic carbocycles. The zero-order chi connectivity index (χ0) is 34.9. The first-order valence-corrected chi connectivity index (χ1v) is 22.0. The van der Waals surface area contributed by atoms with Crippen molar-refractivity contribution in [3.8, 4) is 11.1 Å². The van der Waals surface area contributed by atoms with Crippen LogP contribution in [0.3, 0.4) is 0 Å². The van der Waals surface area contributed by atoms with Gasteiger partial charge in [-0.2, -0.15) is 14.6 Å². The number of nitrogens with one attached hydrogen (secondary N) is 2. The number of pyridine rings is 1. The van der Waals surface area contributed by atoms with Gasteiger partial charge in [0.2, 0.25) is 11.9 Å². The van der Waals surface area contributed by atoms with Crippen molar-refractivity contribution in [3.63, 3.8) is 0 Å². The Morgan fingerprint density at radius 2 is 1.85 bits per heavy atom. The van der Waals surface area contributed by atoms with Crippen LogP contribution in [-0.2, 0) is 39.1 Å². The molecule has 3 aromatic heterocycles. The molecule has 0 aliphatic heterocycles. The van der Waals surface area contributed by atoms with E-state index >= 15 is 4.39 Å². The maximum absolute atomic E-state index is 15.5. The number of sulfone groups is 1. The molecule has 260 valence electrons. The van der Waals surface area contributed by atoms with Crippen LogP contribution in [0.2, 0.25) is 25.7 Å². The first-order valence-electron chi connectivity index (χ1n) is 15.4. The highest BCUT2D eigenvalue weighted by Gasteiger charge is 2.25. The lowest BCUT2D eigenvalue weighted by molar-refractivity contribution is -0.118. The Morgan fingerprint density at radius 1 is 1.13 bits per heavy atom. The highest BCUT2D eigenvalue weighted by molar-refractivity contribution is 7.90. The standard InChI is InChI=1S/C30H44Cl2FN7O5SSi/c1-7-23-27(20(2)38-40(23)19-45-16-18-47(4,5)6)21-11-12-26(36-28(21)33)37-29(41)22(9-8-10-25(31)32)35-30(42)24-13-14-34-39(24)15-17-46(3,43)44/h11-14,22,25H,7-10,15-19H2,1-6H3,(H,35,42)(H,36,37,41)/t22-/m0/s1. The van der Waals surface area contributed by atoms with Crippen LogP contribution in [-0.4, -0.2) is 82.3 Å². The summed E-state index contributed by atoms with van der Waals surface area (Å²) in [6.07, 6.45) is 3.98. The number of halogens is 3. The molecule has 0 unspecified atom stereocenters. The Kier molecular flexibility index (Phi) is 14.0. The number of amides is 2. The van der Waals surface area contributed by atoms with Crippen molar-refractivity contribution >= 4 is 58.7 Å². The van der Waals surface area contributed by atoms with E-state index in [1.54, 1.807) is 11.6 Å². The molecule has 3 rings (SSSR count). The fraction of sp³-hybridized carbons (Fsp3) is 0.567. The molecule has 3 heterocycles. The van der Waals surface area contributed by atoms with Crippen molar-refractivity contribution in [1.82, 2.24) is 29.9 Å². The predicted molar refractivity (Wildman–Crippen MR) is 185 cm³/mol. The van der Waals surface area contributed by atoms with Crippen LogP contribution in [0.5, 0.6) is 0 Å². The molecule has 12 nitrogen and oxygen atoms in total. The largest absolute Gasteiger partial charge is 0.360 e. The van der Waals surface area contributed by atoms with E-state index in [1.165, 1.54) is 29.1 Å². The Labute approximate surface area is 286 Å². The van der Waals surface area contributed by atoms with Crippen LogP contribution in [0.15, 0.2) is 24.4 Å². The fourth-order valence-corrected chi connectivity index (χ4v) is 6.38. The van der Waals surface area contributed by atoms with Crippen molar-refractivity contribution in [1.29, 1.82) is 0 Å². The molecule has 0 saturated carbocycles. The number of ether oxygens (including phenoxy) is 1. The molecule has 2 amide bonds. The first kappa shape index (κ1) is 38.6. The second kappa shape index (κ2) is 17.0. The van der Waals surface area contributed by atoms with Gasteiger partial charge in [0.15, 0.2) is 0 Å². The van der Waals surface area contributed by atoms with Gasteiger partial charge in [-0.05, 0) is 56.9 Å². The SMILES string of the molecule is CCc1c(-c2ccc(NC(=O)[C@H](CCCC(Cl)Cl)NC(=O)c3ccnn3CCS(C)(=O)=O)nc2F)c(C)nn1COCC[Si](C)(C)C. The van der Waals surface area contributed by atoms with E-state index in [9.17, 15) is 18.0 Å². The third kappa shape index (κ3) is 12.0. The van der Waals surface area contributed by atoms with E-state index in [4.69, 9.17) is 27.9 Å². The van der Waals surface area contributed by atoms with Crippen molar-refractivity contribution in [2.75, 3.05) is 23.9 Å². The molecule has 1 atom stereocenters. The number of rotatable bonds is 18. The van der Waals surface area contributed by atoms with Gasteiger partial charge in [0.05, 0.1) is 18.0 Å². The summed E-state index contributed by atoms with van der Waals surface area (Å²) in [5.41, 5.74) is 2.38. The lowest BCUT2D eigenvalue weighted by Gasteiger charge is -2.19. The molecule has 0 saturated heterocycles. The van der Waals surface area contributed by atoms with Gasteiger partial charge in [-0.15, -0.1) is 23.2 Å². The van der Waals surface area contributed by atoms with Crippen LogP contribution < -0.4 is 10.6 Å². The third-order valence-electron chi connectivity index (χ3n) is 7.31. The summed E-state index contributed by atoms with van der Waals surface area (Å²) in [4.78, 5) is 29.9. The number of carbonyl (C=O) groups is 2. The lowest BCUT2D eigenvalue weighted by Crippen LogP contribution is -2.44. The molecule has 0 aliphatic carbocycles. The van der Waals surface area contributed by atoms with E-state index < -0.39 is 46.6 Å². The Balaban J connectivity index is 1.77. The predicted octanol–water partition coefficient (Wildman–Crippen LogP) is 5.22. The maximum atomic E-state index is 15.5. The Bertz CT molecular complexity index is 1640. The number of hydrogen-bond donors (Lipinski definition) is 2. The van der Waals surface area contributed by atoms with Gasteiger partial charge in [0.1, 0.15) is 39.0 Å². The Hall–Kier alpha value is -2.85. The van der Waals surface area contributed by atoms with Gasteiger partial charge in [-0.1, -0.05) is 26.6 Å². The second-order valence-electron chi connectivity index (χ2n) is 12.5. The second-order valence-corrected chi connectivity index (χ2v) is 21.7. The number of alkyl halides is 2. The maximum Gasteiger partial charge on any atom is 0.270 e. The summed E-state index contributed by atoms with van der Waals surface area (Å²) in [6, 6.07) is 4.41. The van der Waals surface area contributed by atoms with Crippen LogP contribution in [0, 0.1) is 12.9 Å². The molecule has 2 N–H and O–H groups in total. The van der Waals surface area contributed by atoms with Crippen molar-refractivity contribution in [3.05, 3.63) is 47.4 Å². The molecule has 17 heteroatoms. The molecule has 0 spiro atoms. The van der Waals surface area contributed by atoms with Crippen molar-refractivity contribution < 1.29 is 27.1 Å². The van der Waals surface area contributed by atoms with E-state index in [0.717, 1.165) is 18.0 Å². The van der Waals surface area contributed by atoms with Gasteiger partial charge in [0.25, 0.3) is 5.91 Å². The highest BCUT2D eigenvalue weighted by atomic mass is 35.5. The number of nitrogens with zero attached hydrogens (tertiary/aromatic N) is 5. The summed E-state index contributed by atoms with van der Waals surface area (Å²) in [5.74, 6) is -2.32. The molecule has 0 radical (unpaired) electrons. The fourth-order valence-electron chi connectivity index (χ4n) is 4.81. The smallest absolute Gasteiger partial charge is 0.270 e. The average molecular weight is 733 g/mol. The normalized spacial score (nSPS) is 12.8. The average Bonchev–Trinajstić information content (AvgIpc) is 3.56. The number of carbonyl (C=O) groups excluding carboxylic acids is 2. The molecule has 3 aromatic rings. The number of hydrogen-bond acceptors (Lipinski definition) is 8. The molecular formula is C30H44Cl2FN7O5SSi. The number of anilines is 1.